The van der Waals surface area contributed by atoms with Crippen LogP contribution in [0.5, 0.6) is 0 Å². The van der Waals surface area contributed by atoms with E-state index in [1.54, 1.807) is 13.8 Å². The van der Waals surface area contributed by atoms with Gasteiger partial charge in [-0.15, -0.1) is 0 Å². The molecule has 1 atom stereocenters. The Bertz CT molecular complexity index is 717. The highest BCUT2D eigenvalue weighted by Crippen LogP contribution is 2.46. The second-order valence-corrected chi connectivity index (χ2v) is 8.04. The molecule has 1 aromatic carbocycles. The predicted molar refractivity (Wildman–Crippen MR) is 92.0 cm³/mol. The lowest BCUT2D eigenvalue weighted by Crippen LogP contribution is -2.54. The van der Waals surface area contributed by atoms with E-state index in [9.17, 15) is 23.1 Å². The molecule has 0 aliphatic heterocycles. The van der Waals surface area contributed by atoms with Gasteiger partial charge in [-0.05, 0) is 85.8 Å². The normalized spacial score (nSPS) is 17.4. The van der Waals surface area contributed by atoms with Gasteiger partial charge in [-0.1, -0.05) is 13.8 Å². The molecule has 1 unspecified atom stereocenters. The molecule has 1 aromatic rings. The van der Waals surface area contributed by atoms with Crippen molar-refractivity contribution in [2.45, 2.75) is 84.4 Å². The van der Waals surface area contributed by atoms with Gasteiger partial charge in [0.25, 0.3) is 0 Å². The molecular weight excluding hydrogens is 329 g/mol. The second-order valence-electron chi connectivity index (χ2n) is 8.04. The molecule has 0 heterocycles. The van der Waals surface area contributed by atoms with E-state index in [4.69, 9.17) is 0 Å². The smallest absolute Gasteiger partial charge is 0.374 e. The van der Waals surface area contributed by atoms with Gasteiger partial charge in [0.2, 0.25) is 5.60 Å². The fourth-order valence-electron chi connectivity index (χ4n) is 4.42. The third-order valence-electron chi connectivity index (χ3n) is 5.90. The first-order chi connectivity index (χ1) is 11.2. The first-order valence-corrected chi connectivity index (χ1v) is 8.66. The Morgan fingerprint density at radius 1 is 1.00 bits per heavy atom. The summed E-state index contributed by atoms with van der Waals surface area (Å²) < 4.78 is 40.3. The highest BCUT2D eigenvalue weighted by atomic mass is 19.4. The summed E-state index contributed by atoms with van der Waals surface area (Å²) in [6.07, 6.45) is -2.91. The molecule has 0 saturated heterocycles. The molecular formula is C20H27F3O2. The number of fused-ring (bicyclic) bond motifs is 1. The van der Waals surface area contributed by atoms with Gasteiger partial charge in [-0.3, -0.25) is 4.79 Å². The van der Waals surface area contributed by atoms with Gasteiger partial charge in [0.05, 0.1) is 0 Å². The van der Waals surface area contributed by atoms with E-state index in [0.29, 0.717) is 0 Å². The predicted octanol–water partition coefficient (Wildman–Crippen LogP) is 4.65. The first kappa shape index (κ1) is 20.0. The molecule has 5 heteroatoms. The Balaban J connectivity index is 2.64. The number of aliphatic hydroxyl groups is 1. The van der Waals surface area contributed by atoms with Gasteiger partial charge in [0.1, 0.15) is 0 Å². The fourth-order valence-corrected chi connectivity index (χ4v) is 4.42. The lowest BCUT2D eigenvalue weighted by atomic mass is 9.69. The summed E-state index contributed by atoms with van der Waals surface area (Å²) in [7, 11) is 0. The average Bonchev–Trinajstić information content (AvgIpc) is 2.91. The SMILES string of the molecule is CC(=O)C(O)(CC(C)(C)c1c(C)c(C)c(C)c2c1CCC2)C(F)(F)F. The fraction of sp³-hybridized carbons (Fsp3) is 0.650. The van der Waals surface area contributed by atoms with Gasteiger partial charge in [0.15, 0.2) is 5.78 Å². The van der Waals surface area contributed by atoms with Crippen LogP contribution >= 0.6 is 0 Å². The summed E-state index contributed by atoms with van der Waals surface area (Å²) in [6.45, 7) is 10.2. The number of alkyl halides is 3. The van der Waals surface area contributed by atoms with Gasteiger partial charge in [-0.25, -0.2) is 0 Å². The Morgan fingerprint density at radius 2 is 1.52 bits per heavy atom. The zero-order valence-electron chi connectivity index (χ0n) is 15.8. The minimum atomic E-state index is -4.99. The molecule has 0 radical (unpaired) electrons. The zero-order valence-corrected chi connectivity index (χ0v) is 15.8. The van der Waals surface area contributed by atoms with Crippen molar-refractivity contribution in [2.75, 3.05) is 0 Å². The summed E-state index contributed by atoms with van der Waals surface area (Å²) >= 11 is 0. The summed E-state index contributed by atoms with van der Waals surface area (Å²) in [5.74, 6) is -1.26. The number of halogens is 3. The molecule has 2 rings (SSSR count). The quantitative estimate of drug-likeness (QED) is 0.853. The standard InChI is InChI=1S/C20H27F3O2/c1-11-12(2)15-8-7-9-16(15)17(13(11)3)18(5,6)10-19(25,14(4)24)20(21,22)23/h25H,7-10H2,1-6H3. The van der Waals surface area contributed by atoms with E-state index in [1.165, 1.54) is 11.1 Å². The topological polar surface area (TPSA) is 37.3 Å². The van der Waals surface area contributed by atoms with E-state index in [2.05, 4.69) is 6.92 Å². The van der Waals surface area contributed by atoms with Crippen LogP contribution in [0.3, 0.4) is 0 Å². The van der Waals surface area contributed by atoms with Gasteiger partial charge in [-0.2, -0.15) is 13.2 Å². The monoisotopic (exact) mass is 356 g/mol. The minimum absolute atomic E-state index is 0.672. The average molecular weight is 356 g/mol. The molecule has 0 amide bonds. The first-order valence-electron chi connectivity index (χ1n) is 8.66. The third kappa shape index (κ3) is 3.12. The molecule has 1 N–H and O–H groups in total. The van der Waals surface area contributed by atoms with Crippen LogP contribution in [0, 0.1) is 20.8 Å². The number of carbonyl (C=O) groups is 1. The van der Waals surface area contributed by atoms with Crippen molar-refractivity contribution in [3.05, 3.63) is 33.4 Å². The van der Waals surface area contributed by atoms with Crippen molar-refractivity contribution in [3.63, 3.8) is 0 Å². The van der Waals surface area contributed by atoms with Crippen LogP contribution in [0.25, 0.3) is 0 Å². The summed E-state index contributed by atoms with van der Waals surface area (Å²) in [4.78, 5) is 11.7. The maximum atomic E-state index is 13.4. The lowest BCUT2D eigenvalue weighted by Gasteiger charge is -2.38. The molecule has 0 bridgehead atoms. The minimum Gasteiger partial charge on any atom is -0.374 e. The highest BCUT2D eigenvalue weighted by molar-refractivity contribution is 5.86. The number of benzene rings is 1. The molecule has 0 saturated carbocycles. The number of carbonyl (C=O) groups excluding carboxylic acids is 1. The summed E-state index contributed by atoms with van der Waals surface area (Å²) in [5, 5.41) is 10.2. The maximum absolute atomic E-state index is 13.4. The highest BCUT2D eigenvalue weighted by Gasteiger charge is 2.59. The molecule has 0 fully saturated rings. The molecule has 0 spiro atoms. The van der Waals surface area contributed by atoms with Crippen LogP contribution in [-0.4, -0.2) is 22.7 Å². The van der Waals surface area contributed by atoms with Crippen molar-refractivity contribution in [3.8, 4) is 0 Å². The number of Topliss-reactive ketones (excluding diaryl/α,β-unsaturated/α-hetero) is 1. The van der Waals surface area contributed by atoms with Crippen molar-refractivity contribution in [1.82, 2.24) is 0 Å². The Morgan fingerprint density at radius 3 is 2.00 bits per heavy atom. The van der Waals surface area contributed by atoms with E-state index >= 15 is 0 Å². The van der Waals surface area contributed by atoms with E-state index < -0.39 is 29.4 Å². The summed E-state index contributed by atoms with van der Waals surface area (Å²) in [6, 6.07) is 0. The lowest BCUT2D eigenvalue weighted by molar-refractivity contribution is -0.255. The van der Waals surface area contributed by atoms with Crippen molar-refractivity contribution >= 4 is 5.78 Å². The van der Waals surface area contributed by atoms with Crippen molar-refractivity contribution in [2.24, 2.45) is 0 Å². The molecule has 25 heavy (non-hydrogen) atoms. The maximum Gasteiger partial charge on any atom is 0.424 e. The van der Waals surface area contributed by atoms with Crippen LogP contribution in [0.2, 0.25) is 0 Å². The molecule has 1 aliphatic rings. The van der Waals surface area contributed by atoms with E-state index in [0.717, 1.165) is 48.4 Å². The molecule has 1 aliphatic carbocycles. The Kier molecular flexibility index (Phi) is 4.88. The largest absolute Gasteiger partial charge is 0.424 e. The van der Waals surface area contributed by atoms with Crippen molar-refractivity contribution in [1.29, 1.82) is 0 Å². The summed E-state index contributed by atoms with van der Waals surface area (Å²) in [5.41, 5.74) is 2.16. The van der Waals surface area contributed by atoms with Gasteiger partial charge in [0, 0.05) is 6.42 Å². The second kappa shape index (κ2) is 6.11. The van der Waals surface area contributed by atoms with Crippen LogP contribution in [0.4, 0.5) is 13.2 Å². The number of ketones is 1. The van der Waals surface area contributed by atoms with E-state index in [-0.39, 0.29) is 0 Å². The molecule has 2 nitrogen and oxygen atoms in total. The van der Waals surface area contributed by atoms with Crippen LogP contribution in [-0.2, 0) is 23.1 Å². The number of rotatable bonds is 4. The van der Waals surface area contributed by atoms with Crippen molar-refractivity contribution < 1.29 is 23.1 Å². The Labute approximate surface area is 147 Å². The van der Waals surface area contributed by atoms with E-state index in [1.807, 2.05) is 13.8 Å². The number of hydrogen-bond acceptors (Lipinski definition) is 2. The van der Waals surface area contributed by atoms with Crippen LogP contribution in [0.1, 0.15) is 67.0 Å². The number of hydrogen-bond donors (Lipinski definition) is 1. The van der Waals surface area contributed by atoms with Gasteiger partial charge >= 0.3 is 6.18 Å². The zero-order chi connectivity index (χ0) is 19.4. The third-order valence-corrected chi connectivity index (χ3v) is 5.90. The van der Waals surface area contributed by atoms with Gasteiger partial charge < -0.3 is 5.11 Å². The molecule has 140 valence electrons. The van der Waals surface area contributed by atoms with Crippen LogP contribution < -0.4 is 0 Å². The Hall–Kier alpha value is -1.36. The van der Waals surface area contributed by atoms with Crippen LogP contribution in [0.15, 0.2) is 0 Å². The molecule has 0 aromatic heterocycles.